The molecule has 0 radical (unpaired) electrons. The molecule has 3 rings (SSSR count). The monoisotopic (exact) mass is 375 g/mol. The summed E-state index contributed by atoms with van der Waals surface area (Å²) >= 11 is 0. The van der Waals surface area contributed by atoms with Crippen LogP contribution in [-0.4, -0.2) is 67.1 Å². The van der Waals surface area contributed by atoms with Crippen LogP contribution in [0.2, 0.25) is 0 Å². The summed E-state index contributed by atoms with van der Waals surface area (Å²) < 4.78 is 10.6. The van der Waals surface area contributed by atoms with Crippen LogP contribution in [0.4, 0.5) is 4.79 Å². The van der Waals surface area contributed by atoms with Crippen molar-refractivity contribution in [2.75, 3.05) is 33.8 Å². The summed E-state index contributed by atoms with van der Waals surface area (Å²) in [5.41, 5.74) is 1.38. The molecule has 8 heteroatoms. The minimum absolute atomic E-state index is 0.278. The Bertz CT molecular complexity index is 756. The average molecular weight is 375 g/mol. The highest BCUT2D eigenvalue weighted by atomic mass is 16.6. The number of ether oxygens (including phenoxy) is 2. The van der Waals surface area contributed by atoms with Gasteiger partial charge in [0, 0.05) is 39.5 Å². The van der Waals surface area contributed by atoms with Gasteiger partial charge in [0.15, 0.2) is 0 Å². The largest absolute Gasteiger partial charge is 0.497 e. The zero-order valence-electron chi connectivity index (χ0n) is 15.9. The Hall–Kier alpha value is -2.77. The zero-order chi connectivity index (χ0) is 19.6. The number of aryl methyl sites for hydroxylation is 1. The molecule has 0 aromatic heterocycles. The molecular formula is C19H25N3O5. The third-order valence-electron chi connectivity index (χ3n) is 5.29. The van der Waals surface area contributed by atoms with Crippen LogP contribution in [0.25, 0.3) is 0 Å². The molecule has 2 heterocycles. The van der Waals surface area contributed by atoms with Crippen LogP contribution in [-0.2, 0) is 20.9 Å². The highest BCUT2D eigenvalue weighted by molar-refractivity contribution is 6.35. The first-order chi connectivity index (χ1) is 12.8. The number of likely N-dealkylation sites (N-methyl/N-ethyl adjacent to an activating group) is 1. The number of hydrogen-bond acceptors (Lipinski definition) is 5. The van der Waals surface area contributed by atoms with Crippen LogP contribution in [0.5, 0.6) is 5.75 Å². The summed E-state index contributed by atoms with van der Waals surface area (Å²) in [7, 11) is 3.30. The Kier molecular flexibility index (Phi) is 5.25. The van der Waals surface area contributed by atoms with E-state index in [9.17, 15) is 14.4 Å². The summed E-state index contributed by atoms with van der Waals surface area (Å²) in [6.07, 6.45) is 0.752. The number of nitrogens with zero attached hydrogens (tertiary/aromatic N) is 2. The topological polar surface area (TPSA) is 88.2 Å². The molecule has 0 unspecified atom stereocenters. The van der Waals surface area contributed by atoms with Gasteiger partial charge in [-0.15, -0.1) is 0 Å². The van der Waals surface area contributed by atoms with Crippen LogP contribution in [0.15, 0.2) is 18.2 Å². The molecule has 27 heavy (non-hydrogen) atoms. The van der Waals surface area contributed by atoms with Crippen LogP contribution in [0.1, 0.15) is 24.0 Å². The number of nitrogens with one attached hydrogen (secondary N) is 1. The number of methoxy groups -OCH3 is 1. The van der Waals surface area contributed by atoms with Crippen LogP contribution in [0.3, 0.4) is 0 Å². The summed E-state index contributed by atoms with van der Waals surface area (Å²) in [6.45, 7) is 3.52. The lowest BCUT2D eigenvalue weighted by molar-refractivity contribution is -0.148. The molecule has 0 atom stereocenters. The van der Waals surface area contributed by atoms with Gasteiger partial charge >= 0.3 is 17.9 Å². The van der Waals surface area contributed by atoms with Gasteiger partial charge in [0.25, 0.3) is 0 Å². The van der Waals surface area contributed by atoms with Gasteiger partial charge in [-0.1, -0.05) is 6.07 Å². The normalized spacial score (nSPS) is 18.4. The predicted molar refractivity (Wildman–Crippen MR) is 97.2 cm³/mol. The molecule has 1 aromatic rings. The van der Waals surface area contributed by atoms with Crippen molar-refractivity contribution in [3.63, 3.8) is 0 Å². The van der Waals surface area contributed by atoms with Crippen molar-refractivity contribution < 1.29 is 23.9 Å². The minimum Gasteiger partial charge on any atom is -0.497 e. The van der Waals surface area contributed by atoms with E-state index in [-0.39, 0.29) is 12.6 Å². The first kappa shape index (κ1) is 19.0. The maximum absolute atomic E-state index is 12.4. The van der Waals surface area contributed by atoms with Crippen molar-refractivity contribution in [1.82, 2.24) is 15.1 Å². The second kappa shape index (κ2) is 7.46. The molecule has 3 amide bonds. The summed E-state index contributed by atoms with van der Waals surface area (Å²) in [6, 6.07) is 5.57. The van der Waals surface area contributed by atoms with Crippen molar-refractivity contribution >= 4 is 17.9 Å². The zero-order valence-corrected chi connectivity index (χ0v) is 15.9. The molecule has 2 saturated heterocycles. The van der Waals surface area contributed by atoms with Gasteiger partial charge < -0.3 is 24.6 Å². The number of piperidine rings is 1. The number of rotatable bonds is 3. The van der Waals surface area contributed by atoms with E-state index in [4.69, 9.17) is 9.47 Å². The number of carbonyl (C=O) groups is 3. The molecule has 0 saturated carbocycles. The smallest absolute Gasteiger partial charge is 0.410 e. The Balaban J connectivity index is 1.51. The van der Waals surface area contributed by atoms with Crippen molar-refractivity contribution in [2.45, 2.75) is 31.9 Å². The Morgan fingerprint density at radius 2 is 2.00 bits per heavy atom. The quantitative estimate of drug-likeness (QED) is 0.799. The van der Waals surface area contributed by atoms with Crippen LogP contribution in [0, 0.1) is 6.92 Å². The molecule has 1 spiro atoms. The van der Waals surface area contributed by atoms with Gasteiger partial charge in [0.1, 0.15) is 11.4 Å². The van der Waals surface area contributed by atoms with Crippen LogP contribution < -0.4 is 10.1 Å². The minimum atomic E-state index is -0.623. The van der Waals surface area contributed by atoms with Gasteiger partial charge in [0.05, 0.1) is 13.7 Å². The Morgan fingerprint density at radius 3 is 2.56 bits per heavy atom. The van der Waals surface area contributed by atoms with Crippen molar-refractivity contribution in [3.8, 4) is 5.75 Å². The van der Waals surface area contributed by atoms with Crippen molar-refractivity contribution in [3.05, 3.63) is 29.3 Å². The molecule has 8 nitrogen and oxygen atoms in total. The lowest BCUT2D eigenvalue weighted by Crippen LogP contribution is -2.52. The summed E-state index contributed by atoms with van der Waals surface area (Å²) in [4.78, 5) is 39.3. The number of likely N-dealkylation sites (tertiary alicyclic amines) is 1. The molecule has 2 aliphatic heterocycles. The second-order valence-corrected chi connectivity index (χ2v) is 7.17. The molecule has 146 valence electrons. The average Bonchev–Trinajstić information content (AvgIpc) is 2.93. The van der Waals surface area contributed by atoms with Gasteiger partial charge in [-0.3, -0.25) is 9.59 Å². The van der Waals surface area contributed by atoms with E-state index in [1.54, 1.807) is 19.1 Å². The van der Waals surface area contributed by atoms with Gasteiger partial charge in [-0.05, 0) is 30.2 Å². The number of carbonyl (C=O) groups excluding carboxylic acids is 3. The fourth-order valence-corrected chi connectivity index (χ4v) is 3.56. The lowest BCUT2D eigenvalue weighted by atomic mass is 9.91. The van der Waals surface area contributed by atoms with E-state index in [2.05, 4.69) is 5.32 Å². The van der Waals surface area contributed by atoms with Gasteiger partial charge in [0.2, 0.25) is 0 Å². The second-order valence-electron chi connectivity index (χ2n) is 7.17. The fourth-order valence-electron chi connectivity index (χ4n) is 3.56. The Morgan fingerprint density at radius 1 is 1.30 bits per heavy atom. The highest BCUT2D eigenvalue weighted by Gasteiger charge is 2.46. The van der Waals surface area contributed by atoms with Crippen LogP contribution >= 0.6 is 0 Å². The van der Waals surface area contributed by atoms with E-state index in [0.29, 0.717) is 32.5 Å². The SMILES string of the molecule is COc1ccc(CNC(=O)C(=O)N2CCC3(CC2)CN(C)C(=O)O3)c(C)c1. The van der Waals surface area contributed by atoms with Crippen molar-refractivity contribution in [1.29, 1.82) is 0 Å². The first-order valence-corrected chi connectivity index (χ1v) is 8.98. The number of hydrogen-bond donors (Lipinski definition) is 1. The summed E-state index contributed by atoms with van der Waals surface area (Å²) in [5.74, 6) is -0.422. The van der Waals surface area contributed by atoms with E-state index in [1.807, 2.05) is 25.1 Å². The van der Waals surface area contributed by atoms with E-state index in [0.717, 1.165) is 16.9 Å². The third kappa shape index (κ3) is 3.99. The van der Waals surface area contributed by atoms with E-state index < -0.39 is 17.4 Å². The molecule has 2 aliphatic rings. The standard InChI is InChI=1S/C19H25N3O5/c1-13-10-15(26-3)5-4-14(13)11-20-16(23)17(24)22-8-6-19(7-9-22)12-21(2)18(25)27-19/h4-5,10H,6-9,11-12H2,1-3H3,(H,20,23). The molecular weight excluding hydrogens is 350 g/mol. The lowest BCUT2D eigenvalue weighted by Gasteiger charge is -2.36. The summed E-state index contributed by atoms with van der Waals surface area (Å²) in [5, 5.41) is 2.68. The third-order valence-corrected chi connectivity index (χ3v) is 5.29. The van der Waals surface area contributed by atoms with Gasteiger partial charge in [-0.25, -0.2) is 4.79 Å². The molecule has 2 fully saturated rings. The number of benzene rings is 1. The van der Waals surface area contributed by atoms with E-state index >= 15 is 0 Å². The first-order valence-electron chi connectivity index (χ1n) is 8.98. The van der Waals surface area contributed by atoms with Gasteiger partial charge in [-0.2, -0.15) is 0 Å². The Labute approximate surface area is 158 Å². The fraction of sp³-hybridized carbons (Fsp3) is 0.526. The number of amides is 3. The maximum Gasteiger partial charge on any atom is 0.410 e. The van der Waals surface area contributed by atoms with E-state index in [1.165, 1.54) is 4.90 Å². The van der Waals surface area contributed by atoms with Crippen molar-refractivity contribution in [2.24, 2.45) is 0 Å². The molecule has 0 aliphatic carbocycles. The molecule has 0 bridgehead atoms. The molecule has 1 aromatic carbocycles. The molecule has 1 N–H and O–H groups in total. The maximum atomic E-state index is 12.4. The predicted octanol–water partition coefficient (Wildman–Crippen LogP) is 1.06. The highest BCUT2D eigenvalue weighted by Crippen LogP contribution is 2.32.